The van der Waals surface area contributed by atoms with Crippen molar-refractivity contribution in [1.29, 1.82) is 0 Å². The molecule has 1 atom stereocenters. The Labute approximate surface area is 193 Å². The average Bonchev–Trinajstić information content (AvgIpc) is 2.77. The predicted octanol–water partition coefficient (Wildman–Crippen LogP) is 4.97. The van der Waals surface area contributed by atoms with Gasteiger partial charge in [0, 0.05) is 37.3 Å². The molecule has 5 aliphatic rings. The van der Waals surface area contributed by atoms with Crippen LogP contribution in [0.2, 0.25) is 0 Å². The van der Waals surface area contributed by atoms with Crippen LogP contribution in [0.1, 0.15) is 58.3 Å². The van der Waals surface area contributed by atoms with E-state index in [1.807, 2.05) is 24.3 Å². The summed E-state index contributed by atoms with van der Waals surface area (Å²) < 4.78 is 11.4. The normalized spacial score (nSPS) is 32.6. The van der Waals surface area contributed by atoms with Crippen molar-refractivity contribution in [3.05, 3.63) is 24.3 Å². The zero-order valence-corrected chi connectivity index (χ0v) is 19.7. The minimum absolute atomic E-state index is 0.133. The number of carbonyl (C=O) groups excluding carboxylic acids is 1. The van der Waals surface area contributed by atoms with Crippen LogP contribution in [0.3, 0.4) is 0 Å². The van der Waals surface area contributed by atoms with Gasteiger partial charge in [0.2, 0.25) is 5.91 Å². The van der Waals surface area contributed by atoms with Gasteiger partial charge in [0.15, 0.2) is 0 Å². The molecule has 1 aromatic carbocycles. The molecule has 1 unspecified atom stereocenters. The third-order valence-electron chi connectivity index (χ3n) is 8.64. The Kier molecular flexibility index (Phi) is 6.75. The van der Waals surface area contributed by atoms with Gasteiger partial charge in [-0.3, -0.25) is 9.69 Å². The summed E-state index contributed by atoms with van der Waals surface area (Å²) in [6.45, 7) is 7.66. The van der Waals surface area contributed by atoms with Gasteiger partial charge in [-0.2, -0.15) is 0 Å². The largest absolute Gasteiger partial charge is 0.493 e. The van der Waals surface area contributed by atoms with Crippen LogP contribution in [0.15, 0.2) is 24.3 Å². The van der Waals surface area contributed by atoms with Crippen LogP contribution < -0.4 is 10.1 Å². The first-order chi connectivity index (χ1) is 15.6. The lowest BCUT2D eigenvalue weighted by Crippen LogP contribution is -2.52. The summed E-state index contributed by atoms with van der Waals surface area (Å²) in [5, 5.41) is 3.26. The molecule has 1 heterocycles. The molecule has 5 heteroatoms. The van der Waals surface area contributed by atoms with Gasteiger partial charge in [0.05, 0.1) is 19.8 Å². The minimum Gasteiger partial charge on any atom is -0.493 e. The highest BCUT2D eigenvalue weighted by atomic mass is 16.5. The zero-order chi connectivity index (χ0) is 22.0. The second kappa shape index (κ2) is 9.72. The average molecular weight is 441 g/mol. The van der Waals surface area contributed by atoms with Crippen molar-refractivity contribution in [3.63, 3.8) is 0 Å². The molecule has 0 spiro atoms. The summed E-state index contributed by atoms with van der Waals surface area (Å²) in [7, 11) is 0. The van der Waals surface area contributed by atoms with E-state index in [0.717, 1.165) is 74.9 Å². The van der Waals surface area contributed by atoms with Gasteiger partial charge in [-0.05, 0) is 86.7 Å². The van der Waals surface area contributed by atoms with E-state index in [2.05, 4.69) is 17.1 Å². The number of hydrogen-bond acceptors (Lipinski definition) is 4. The summed E-state index contributed by atoms with van der Waals surface area (Å²) >= 11 is 0. The summed E-state index contributed by atoms with van der Waals surface area (Å²) in [6.07, 6.45) is 10.0. The van der Waals surface area contributed by atoms with Crippen molar-refractivity contribution in [3.8, 4) is 5.75 Å². The lowest BCUT2D eigenvalue weighted by atomic mass is 9.46. The zero-order valence-electron chi connectivity index (χ0n) is 19.7. The number of nitrogens with zero attached hydrogens (tertiary/aromatic N) is 1. The van der Waals surface area contributed by atoms with Gasteiger partial charge in [0.1, 0.15) is 5.75 Å². The van der Waals surface area contributed by atoms with Crippen LogP contribution in [0.25, 0.3) is 0 Å². The number of benzene rings is 1. The molecule has 5 fully saturated rings. The molecule has 6 rings (SSSR count). The molecule has 0 aromatic heterocycles. The monoisotopic (exact) mass is 440 g/mol. The maximum atomic E-state index is 13.4. The molecular weight excluding hydrogens is 400 g/mol. The molecule has 0 radical (unpaired) electrons. The van der Waals surface area contributed by atoms with E-state index >= 15 is 0 Å². The van der Waals surface area contributed by atoms with Crippen molar-refractivity contribution in [2.45, 2.75) is 58.3 Å². The molecule has 1 N–H and O–H groups in total. The van der Waals surface area contributed by atoms with Crippen LogP contribution in [-0.4, -0.2) is 50.3 Å². The number of ether oxygens (including phenoxy) is 2. The van der Waals surface area contributed by atoms with E-state index in [-0.39, 0.29) is 17.2 Å². The molecule has 176 valence electrons. The smallest absolute Gasteiger partial charge is 0.228 e. The molecule has 4 aliphatic carbocycles. The highest BCUT2D eigenvalue weighted by Gasteiger charge is 2.55. The molecule has 4 saturated carbocycles. The first-order valence-electron chi connectivity index (χ1n) is 13.0. The molecule has 5 nitrogen and oxygen atoms in total. The maximum absolute atomic E-state index is 13.4. The predicted molar refractivity (Wildman–Crippen MR) is 127 cm³/mol. The van der Waals surface area contributed by atoms with E-state index in [4.69, 9.17) is 9.47 Å². The van der Waals surface area contributed by atoms with Crippen molar-refractivity contribution in [2.24, 2.45) is 29.1 Å². The number of nitrogens with one attached hydrogen (secondary N) is 1. The van der Waals surface area contributed by atoms with Gasteiger partial charge >= 0.3 is 0 Å². The Morgan fingerprint density at radius 2 is 1.84 bits per heavy atom. The van der Waals surface area contributed by atoms with E-state index in [9.17, 15) is 4.79 Å². The second-order valence-corrected chi connectivity index (χ2v) is 10.9. The third-order valence-corrected chi connectivity index (χ3v) is 8.64. The van der Waals surface area contributed by atoms with Crippen molar-refractivity contribution < 1.29 is 14.3 Å². The Bertz CT molecular complexity index is 754. The molecule has 1 aromatic rings. The Balaban J connectivity index is 1.15. The minimum atomic E-state index is 0.133. The summed E-state index contributed by atoms with van der Waals surface area (Å²) in [4.78, 5) is 15.9. The second-order valence-electron chi connectivity index (χ2n) is 10.9. The van der Waals surface area contributed by atoms with Gasteiger partial charge in [-0.25, -0.2) is 0 Å². The van der Waals surface area contributed by atoms with Crippen LogP contribution in [0.4, 0.5) is 5.69 Å². The van der Waals surface area contributed by atoms with Gasteiger partial charge in [0.25, 0.3) is 0 Å². The van der Waals surface area contributed by atoms with Crippen LogP contribution in [0, 0.1) is 29.1 Å². The van der Waals surface area contributed by atoms with Gasteiger partial charge in [-0.15, -0.1) is 0 Å². The maximum Gasteiger partial charge on any atom is 0.228 e. The van der Waals surface area contributed by atoms with E-state index in [1.54, 1.807) is 0 Å². The number of anilines is 1. The van der Waals surface area contributed by atoms with E-state index < -0.39 is 0 Å². The van der Waals surface area contributed by atoms with Crippen LogP contribution in [0.5, 0.6) is 5.75 Å². The number of amides is 1. The quantitative estimate of drug-likeness (QED) is 0.551. The fourth-order valence-electron chi connectivity index (χ4n) is 7.70. The number of carbonyl (C=O) groups is 1. The fourth-order valence-corrected chi connectivity index (χ4v) is 7.70. The van der Waals surface area contributed by atoms with Gasteiger partial charge in [-0.1, -0.05) is 13.0 Å². The topological polar surface area (TPSA) is 50.8 Å². The van der Waals surface area contributed by atoms with Crippen molar-refractivity contribution in [1.82, 2.24) is 4.90 Å². The van der Waals surface area contributed by atoms with Crippen molar-refractivity contribution >= 4 is 11.6 Å². The molecule has 4 bridgehead atoms. The summed E-state index contributed by atoms with van der Waals surface area (Å²) in [5.74, 6) is 3.81. The Hall–Kier alpha value is -1.59. The Morgan fingerprint density at radius 3 is 2.50 bits per heavy atom. The molecule has 1 saturated heterocycles. The standard InChI is InChI=1S/C27H40N2O3/c1-2-25(27-17-20-13-21(18-27)15-22(14-20)19-27)26(30)28-23-5-3-6-24(16-23)32-10-4-7-29-8-11-31-12-9-29/h3,5-6,16,20-22,25H,2,4,7-15,17-19H2,1H3,(H,28,30). The van der Waals surface area contributed by atoms with Crippen molar-refractivity contribution in [2.75, 3.05) is 44.8 Å². The van der Waals surface area contributed by atoms with Gasteiger partial charge < -0.3 is 14.8 Å². The Morgan fingerprint density at radius 1 is 1.16 bits per heavy atom. The lowest BCUT2D eigenvalue weighted by molar-refractivity contribution is -0.136. The fraction of sp³-hybridized carbons (Fsp3) is 0.741. The molecule has 1 aliphatic heterocycles. The number of morpholine rings is 1. The van der Waals surface area contributed by atoms with Crippen LogP contribution in [-0.2, 0) is 9.53 Å². The van der Waals surface area contributed by atoms with E-state index in [0.29, 0.717) is 6.61 Å². The third kappa shape index (κ3) is 4.84. The first kappa shape index (κ1) is 22.2. The molecule has 1 amide bonds. The van der Waals surface area contributed by atoms with E-state index in [1.165, 1.54) is 38.5 Å². The van der Waals surface area contributed by atoms with Crippen LogP contribution >= 0.6 is 0 Å². The highest BCUT2D eigenvalue weighted by Crippen LogP contribution is 2.63. The number of hydrogen-bond donors (Lipinski definition) is 1. The first-order valence-corrected chi connectivity index (χ1v) is 13.0. The highest BCUT2D eigenvalue weighted by molar-refractivity contribution is 5.93. The molecule has 32 heavy (non-hydrogen) atoms. The molecular formula is C27H40N2O3. The summed E-state index contributed by atoms with van der Waals surface area (Å²) in [6, 6.07) is 7.95. The number of rotatable bonds is 9. The summed E-state index contributed by atoms with van der Waals surface area (Å²) in [5.41, 5.74) is 1.12. The lowest BCUT2D eigenvalue weighted by Gasteiger charge is -2.59. The SMILES string of the molecule is CCC(C(=O)Nc1cccc(OCCCN2CCOCC2)c1)C12CC3CC(CC(C3)C1)C2.